The van der Waals surface area contributed by atoms with E-state index in [-0.39, 0.29) is 5.41 Å². The number of hydrogen-bond acceptors (Lipinski definition) is 4. The molecule has 0 amide bonds. The zero-order valence-electron chi connectivity index (χ0n) is 15.5. The second-order valence-electron chi connectivity index (χ2n) is 7.55. The van der Waals surface area contributed by atoms with Crippen LogP contribution in [-0.2, 0) is 11.2 Å². The fraction of sp³-hybridized carbons (Fsp3) is 0.286. The maximum absolute atomic E-state index is 4.83. The van der Waals surface area contributed by atoms with Gasteiger partial charge in [0.1, 0.15) is 10.9 Å². The summed E-state index contributed by atoms with van der Waals surface area (Å²) >= 11 is 1.71. The summed E-state index contributed by atoms with van der Waals surface area (Å²) in [4.78, 5) is 4.83. The second kappa shape index (κ2) is 6.40. The molecular formula is C21H22N4S. The highest BCUT2D eigenvalue weighted by atomic mass is 32.2. The summed E-state index contributed by atoms with van der Waals surface area (Å²) in [7, 11) is 0. The highest BCUT2D eigenvalue weighted by molar-refractivity contribution is 7.98. The molecule has 4 rings (SSSR count). The monoisotopic (exact) mass is 362 g/mol. The average molecular weight is 363 g/mol. The molecule has 0 N–H and O–H groups in total. The zero-order valence-corrected chi connectivity index (χ0v) is 16.3. The molecule has 2 heterocycles. The van der Waals surface area contributed by atoms with Gasteiger partial charge in [0.15, 0.2) is 5.65 Å². The van der Waals surface area contributed by atoms with Crippen molar-refractivity contribution < 1.29 is 0 Å². The van der Waals surface area contributed by atoms with E-state index in [1.165, 1.54) is 11.1 Å². The Morgan fingerprint density at radius 2 is 1.69 bits per heavy atom. The minimum atomic E-state index is 0.177. The van der Waals surface area contributed by atoms with Gasteiger partial charge in [0.25, 0.3) is 0 Å². The lowest BCUT2D eigenvalue weighted by Gasteiger charge is -2.19. The first-order valence-corrected chi connectivity index (χ1v) is 9.75. The molecule has 4 aromatic rings. The van der Waals surface area contributed by atoms with Crippen LogP contribution < -0.4 is 0 Å². The van der Waals surface area contributed by atoms with Crippen molar-refractivity contribution in [3.8, 4) is 0 Å². The predicted octanol–water partition coefficient (Wildman–Crippen LogP) is 5.18. The van der Waals surface area contributed by atoms with Gasteiger partial charge in [-0.3, -0.25) is 4.40 Å². The fourth-order valence-corrected chi connectivity index (χ4v) is 3.97. The molecule has 0 aliphatic heterocycles. The Kier molecular flexibility index (Phi) is 4.19. The molecule has 26 heavy (non-hydrogen) atoms. The third-order valence-corrected chi connectivity index (χ3v) is 5.58. The molecule has 0 saturated carbocycles. The van der Waals surface area contributed by atoms with Gasteiger partial charge in [0.2, 0.25) is 0 Å². The summed E-state index contributed by atoms with van der Waals surface area (Å²) in [6.45, 7) is 8.69. The Labute approximate surface area is 157 Å². The van der Waals surface area contributed by atoms with E-state index < -0.39 is 0 Å². The maximum Gasteiger partial charge on any atom is 0.193 e. The van der Waals surface area contributed by atoms with E-state index in [4.69, 9.17) is 4.98 Å². The van der Waals surface area contributed by atoms with Crippen LogP contribution in [0.5, 0.6) is 0 Å². The molecule has 132 valence electrons. The van der Waals surface area contributed by atoms with Crippen molar-refractivity contribution in [3.05, 3.63) is 65.5 Å². The van der Waals surface area contributed by atoms with Crippen molar-refractivity contribution in [1.29, 1.82) is 0 Å². The summed E-state index contributed by atoms with van der Waals surface area (Å²) in [5.41, 5.74) is 5.66. The first-order valence-electron chi connectivity index (χ1n) is 8.76. The van der Waals surface area contributed by atoms with Crippen LogP contribution in [0, 0.1) is 6.92 Å². The Morgan fingerprint density at radius 1 is 0.962 bits per heavy atom. The van der Waals surface area contributed by atoms with Crippen LogP contribution in [0.1, 0.15) is 37.7 Å². The number of para-hydroxylation sites is 2. The highest BCUT2D eigenvalue weighted by Gasteiger charge is 2.15. The molecule has 0 saturated heterocycles. The number of hydrogen-bond donors (Lipinski definition) is 0. The molecule has 0 aliphatic rings. The van der Waals surface area contributed by atoms with E-state index in [1.807, 2.05) is 25.1 Å². The molecule has 0 radical (unpaired) electrons. The fourth-order valence-electron chi connectivity index (χ4n) is 3.05. The summed E-state index contributed by atoms with van der Waals surface area (Å²) in [6.07, 6.45) is 0. The van der Waals surface area contributed by atoms with Crippen molar-refractivity contribution in [2.75, 3.05) is 0 Å². The highest BCUT2D eigenvalue weighted by Crippen LogP contribution is 2.29. The topological polar surface area (TPSA) is 43.1 Å². The molecule has 0 atom stereocenters. The van der Waals surface area contributed by atoms with Crippen LogP contribution in [-0.4, -0.2) is 19.6 Å². The van der Waals surface area contributed by atoms with Gasteiger partial charge in [-0.2, -0.15) is 0 Å². The molecule has 4 nitrogen and oxygen atoms in total. The van der Waals surface area contributed by atoms with Crippen molar-refractivity contribution in [1.82, 2.24) is 19.6 Å². The van der Waals surface area contributed by atoms with Crippen molar-refractivity contribution in [2.24, 2.45) is 0 Å². The van der Waals surface area contributed by atoms with Crippen LogP contribution in [0.3, 0.4) is 0 Å². The van der Waals surface area contributed by atoms with Gasteiger partial charge in [0.05, 0.1) is 11.0 Å². The molecular weight excluding hydrogens is 340 g/mol. The molecule has 0 bridgehead atoms. The Hall–Kier alpha value is -2.40. The summed E-state index contributed by atoms with van der Waals surface area (Å²) in [5, 5.41) is 9.54. The van der Waals surface area contributed by atoms with E-state index >= 15 is 0 Å². The number of thioether (sulfide) groups is 1. The number of fused-ring (bicyclic) bond motifs is 3. The number of benzene rings is 2. The van der Waals surface area contributed by atoms with Gasteiger partial charge >= 0.3 is 0 Å². The Bertz CT molecular complexity index is 1080. The van der Waals surface area contributed by atoms with Gasteiger partial charge in [-0.25, -0.2) is 4.98 Å². The van der Waals surface area contributed by atoms with Gasteiger partial charge < -0.3 is 0 Å². The second-order valence-corrected chi connectivity index (χ2v) is 8.51. The molecule has 0 spiro atoms. The predicted molar refractivity (Wildman–Crippen MR) is 108 cm³/mol. The van der Waals surface area contributed by atoms with Gasteiger partial charge in [-0.15, -0.1) is 10.2 Å². The van der Waals surface area contributed by atoms with E-state index in [0.717, 1.165) is 33.3 Å². The number of aryl methyl sites for hydroxylation is 1. The summed E-state index contributed by atoms with van der Waals surface area (Å²) in [5.74, 6) is 1.74. The van der Waals surface area contributed by atoms with E-state index in [0.29, 0.717) is 0 Å². The first-order chi connectivity index (χ1) is 12.4. The van der Waals surface area contributed by atoms with Crippen molar-refractivity contribution in [3.63, 3.8) is 0 Å². The standard InChI is InChI=1S/C21H22N4S/c1-14-23-24-19-20(22-17-7-5-6-8-18(17)25(14)19)26-13-15-9-11-16(12-10-15)21(2,3)4/h5-12H,13H2,1-4H3. The van der Waals surface area contributed by atoms with Gasteiger partial charge in [-0.05, 0) is 35.6 Å². The lowest BCUT2D eigenvalue weighted by Crippen LogP contribution is -2.10. The van der Waals surface area contributed by atoms with Crippen LogP contribution in [0.4, 0.5) is 0 Å². The smallest absolute Gasteiger partial charge is 0.193 e. The zero-order chi connectivity index (χ0) is 18.3. The number of rotatable bonds is 3. The van der Waals surface area contributed by atoms with E-state index in [9.17, 15) is 0 Å². The largest absolute Gasteiger partial charge is 0.275 e. The Morgan fingerprint density at radius 3 is 2.42 bits per heavy atom. The minimum absolute atomic E-state index is 0.177. The van der Waals surface area contributed by atoms with Crippen molar-refractivity contribution in [2.45, 2.75) is 43.9 Å². The quantitative estimate of drug-likeness (QED) is 0.471. The van der Waals surface area contributed by atoms with Gasteiger partial charge in [-0.1, -0.05) is 68.9 Å². The van der Waals surface area contributed by atoms with Gasteiger partial charge in [0, 0.05) is 5.75 Å². The van der Waals surface area contributed by atoms with Crippen molar-refractivity contribution >= 4 is 28.4 Å². The normalized spacial score (nSPS) is 12.2. The maximum atomic E-state index is 4.83. The number of aromatic nitrogens is 4. The van der Waals surface area contributed by atoms with E-state index in [1.54, 1.807) is 11.8 Å². The third kappa shape index (κ3) is 3.07. The minimum Gasteiger partial charge on any atom is -0.275 e. The SMILES string of the molecule is Cc1nnc2c(SCc3ccc(C(C)(C)C)cc3)nc3ccccc3n12. The lowest BCUT2D eigenvalue weighted by atomic mass is 9.87. The first kappa shape index (κ1) is 17.0. The van der Waals surface area contributed by atoms with E-state index in [2.05, 4.69) is 65.7 Å². The third-order valence-electron chi connectivity index (χ3n) is 4.56. The lowest BCUT2D eigenvalue weighted by molar-refractivity contribution is 0.590. The molecule has 0 fully saturated rings. The molecule has 2 aromatic heterocycles. The Balaban J connectivity index is 1.67. The van der Waals surface area contributed by atoms with Crippen LogP contribution in [0.15, 0.2) is 53.6 Å². The molecule has 5 heteroatoms. The molecule has 0 aliphatic carbocycles. The molecule has 0 unspecified atom stereocenters. The van der Waals surface area contributed by atoms with Crippen LogP contribution >= 0.6 is 11.8 Å². The van der Waals surface area contributed by atoms with Crippen LogP contribution in [0.25, 0.3) is 16.7 Å². The summed E-state index contributed by atoms with van der Waals surface area (Å²) in [6, 6.07) is 17.0. The van der Waals surface area contributed by atoms with Crippen LogP contribution in [0.2, 0.25) is 0 Å². The average Bonchev–Trinajstić information content (AvgIpc) is 3.02. The molecule has 2 aromatic carbocycles. The summed E-state index contributed by atoms with van der Waals surface area (Å²) < 4.78 is 2.09. The number of nitrogens with zero attached hydrogens (tertiary/aromatic N) is 4.